The summed E-state index contributed by atoms with van der Waals surface area (Å²) in [5, 5.41) is 13.0. The molecule has 23 heavy (non-hydrogen) atoms. The summed E-state index contributed by atoms with van der Waals surface area (Å²) in [5.74, 6) is -1.15. The van der Waals surface area contributed by atoms with Crippen molar-refractivity contribution in [1.82, 2.24) is 5.43 Å². The molecule has 1 aliphatic rings. The molecule has 0 aromatic heterocycles. The lowest BCUT2D eigenvalue weighted by atomic mass is 9.83. The van der Waals surface area contributed by atoms with Crippen molar-refractivity contribution in [2.24, 2.45) is 16.8 Å². The minimum absolute atomic E-state index is 0.0212. The number of amides is 2. The van der Waals surface area contributed by atoms with Crippen LogP contribution in [0.2, 0.25) is 0 Å². The van der Waals surface area contributed by atoms with Crippen molar-refractivity contribution in [2.45, 2.75) is 38.4 Å². The maximum absolute atomic E-state index is 11.0. The number of nitrogens with zero attached hydrogens (tertiary/aromatic N) is 1. The van der Waals surface area contributed by atoms with Gasteiger partial charge in [-0.25, -0.2) is 10.2 Å². The zero-order valence-corrected chi connectivity index (χ0v) is 12.8. The lowest BCUT2D eigenvalue weighted by Crippen LogP contribution is -2.34. The monoisotopic (exact) mass is 319 g/mol. The van der Waals surface area contributed by atoms with E-state index in [9.17, 15) is 9.59 Å². The standard InChI is InChI=1S/C16H21N3O4/c17-16(22)19-18-14-7-6-13(8-12(14)9-15(20)21)23-10-11-4-2-1-3-5-11/h1-5,12-13H,6-10H2,(H,20,21)(H3,17,19,22)/b18-14-. The number of nitrogens with one attached hydrogen (secondary N) is 1. The molecule has 1 aromatic rings. The summed E-state index contributed by atoms with van der Waals surface area (Å²) >= 11 is 0. The molecule has 2 atom stereocenters. The molecule has 7 nitrogen and oxygen atoms in total. The van der Waals surface area contributed by atoms with Crippen LogP contribution >= 0.6 is 0 Å². The van der Waals surface area contributed by atoms with E-state index < -0.39 is 12.0 Å². The smallest absolute Gasteiger partial charge is 0.332 e. The number of carbonyl (C=O) groups excluding carboxylic acids is 1. The number of hydrazone groups is 1. The molecule has 2 unspecified atom stereocenters. The Hall–Kier alpha value is -2.41. The van der Waals surface area contributed by atoms with E-state index in [1.807, 2.05) is 30.3 Å². The molecule has 124 valence electrons. The van der Waals surface area contributed by atoms with Crippen molar-refractivity contribution >= 4 is 17.7 Å². The number of primary amides is 1. The van der Waals surface area contributed by atoms with E-state index in [1.165, 1.54) is 0 Å². The molecule has 1 fully saturated rings. The van der Waals surface area contributed by atoms with Crippen molar-refractivity contribution < 1.29 is 19.4 Å². The number of benzene rings is 1. The minimum Gasteiger partial charge on any atom is -0.481 e. The summed E-state index contributed by atoms with van der Waals surface area (Å²) in [4.78, 5) is 21.8. The Morgan fingerprint density at radius 3 is 2.74 bits per heavy atom. The van der Waals surface area contributed by atoms with Gasteiger partial charge in [0, 0.05) is 11.6 Å². The van der Waals surface area contributed by atoms with Crippen LogP contribution in [0.15, 0.2) is 35.4 Å². The molecule has 0 radical (unpaired) electrons. The van der Waals surface area contributed by atoms with Crippen LogP contribution in [0.4, 0.5) is 4.79 Å². The maximum Gasteiger partial charge on any atom is 0.332 e. The summed E-state index contributed by atoms with van der Waals surface area (Å²) < 4.78 is 5.89. The van der Waals surface area contributed by atoms with Gasteiger partial charge in [0.25, 0.3) is 0 Å². The third kappa shape index (κ3) is 5.71. The normalized spacial score (nSPS) is 22.7. The number of carbonyl (C=O) groups is 2. The highest BCUT2D eigenvalue weighted by Crippen LogP contribution is 2.27. The maximum atomic E-state index is 11.0. The first-order chi connectivity index (χ1) is 11.0. The first-order valence-corrected chi connectivity index (χ1v) is 7.54. The fourth-order valence-electron chi connectivity index (χ4n) is 2.71. The van der Waals surface area contributed by atoms with Crippen LogP contribution in [0, 0.1) is 5.92 Å². The van der Waals surface area contributed by atoms with Gasteiger partial charge in [-0.15, -0.1) is 0 Å². The van der Waals surface area contributed by atoms with Crippen LogP contribution < -0.4 is 11.2 Å². The Morgan fingerprint density at radius 1 is 1.35 bits per heavy atom. The van der Waals surface area contributed by atoms with Gasteiger partial charge >= 0.3 is 12.0 Å². The van der Waals surface area contributed by atoms with E-state index >= 15 is 0 Å². The number of carboxylic acids is 1. The number of aliphatic carboxylic acids is 1. The molecule has 1 aromatic carbocycles. The highest BCUT2D eigenvalue weighted by Gasteiger charge is 2.29. The lowest BCUT2D eigenvalue weighted by molar-refractivity contribution is -0.137. The summed E-state index contributed by atoms with van der Waals surface area (Å²) in [5.41, 5.74) is 8.92. The minimum atomic E-state index is -0.898. The van der Waals surface area contributed by atoms with E-state index in [1.54, 1.807) is 0 Å². The first kappa shape index (κ1) is 17.0. The quantitative estimate of drug-likeness (QED) is 0.694. The van der Waals surface area contributed by atoms with Crippen molar-refractivity contribution in [3.8, 4) is 0 Å². The van der Waals surface area contributed by atoms with Gasteiger partial charge in [-0.3, -0.25) is 4.79 Å². The van der Waals surface area contributed by atoms with E-state index in [-0.39, 0.29) is 18.4 Å². The highest BCUT2D eigenvalue weighted by molar-refractivity contribution is 5.91. The topological polar surface area (TPSA) is 114 Å². The van der Waals surface area contributed by atoms with Gasteiger partial charge in [0.05, 0.1) is 19.1 Å². The molecule has 1 saturated carbocycles. The van der Waals surface area contributed by atoms with E-state index in [0.717, 1.165) is 12.0 Å². The molecule has 0 spiro atoms. The largest absolute Gasteiger partial charge is 0.481 e. The van der Waals surface area contributed by atoms with E-state index in [4.69, 9.17) is 15.6 Å². The molecule has 0 heterocycles. The molecule has 2 amide bonds. The SMILES string of the molecule is NC(=O)N/N=C1/CCC(OCc2ccccc2)CC1CC(=O)O. The number of nitrogens with two attached hydrogens (primary N) is 1. The van der Waals surface area contributed by atoms with Gasteiger partial charge in [0.2, 0.25) is 0 Å². The van der Waals surface area contributed by atoms with Crippen molar-refractivity contribution in [2.75, 3.05) is 0 Å². The number of carboxylic acid groups (broad SMARTS) is 1. The molecular weight excluding hydrogens is 298 g/mol. The molecule has 1 aliphatic carbocycles. The molecule has 4 N–H and O–H groups in total. The second kappa shape index (κ2) is 8.28. The average molecular weight is 319 g/mol. The Morgan fingerprint density at radius 2 is 2.09 bits per heavy atom. The summed E-state index contributed by atoms with van der Waals surface area (Å²) in [7, 11) is 0. The summed E-state index contributed by atoms with van der Waals surface area (Å²) in [6, 6.07) is 9.07. The van der Waals surface area contributed by atoms with E-state index in [0.29, 0.717) is 25.2 Å². The van der Waals surface area contributed by atoms with E-state index in [2.05, 4.69) is 10.5 Å². The second-order valence-electron chi connectivity index (χ2n) is 5.57. The van der Waals surface area contributed by atoms with Crippen LogP contribution in [-0.2, 0) is 16.1 Å². The third-order valence-corrected chi connectivity index (χ3v) is 3.80. The fraction of sp³-hybridized carbons (Fsp3) is 0.438. The van der Waals surface area contributed by atoms with Crippen LogP contribution in [0.3, 0.4) is 0 Å². The van der Waals surface area contributed by atoms with Crippen LogP contribution in [-0.4, -0.2) is 28.9 Å². The van der Waals surface area contributed by atoms with Crippen LogP contribution in [0.5, 0.6) is 0 Å². The van der Waals surface area contributed by atoms with Crippen molar-refractivity contribution in [3.63, 3.8) is 0 Å². The van der Waals surface area contributed by atoms with Gasteiger partial charge in [0.1, 0.15) is 0 Å². The van der Waals surface area contributed by atoms with Crippen LogP contribution in [0.1, 0.15) is 31.2 Å². The molecule has 7 heteroatoms. The predicted octanol–water partition coefficient (Wildman–Crippen LogP) is 1.87. The molecule has 0 aliphatic heterocycles. The molecule has 0 bridgehead atoms. The summed E-state index contributed by atoms with van der Waals surface area (Å²) in [6.07, 6.45) is 1.83. The van der Waals surface area contributed by atoms with Crippen molar-refractivity contribution in [3.05, 3.63) is 35.9 Å². The number of rotatable bonds is 6. The highest BCUT2D eigenvalue weighted by atomic mass is 16.5. The van der Waals surface area contributed by atoms with Gasteiger partial charge in [0.15, 0.2) is 0 Å². The Labute approximate surface area is 134 Å². The number of ether oxygens (including phenoxy) is 1. The molecular formula is C16H21N3O4. The zero-order chi connectivity index (χ0) is 16.7. The second-order valence-corrected chi connectivity index (χ2v) is 5.57. The molecule has 0 saturated heterocycles. The predicted molar refractivity (Wildman–Crippen MR) is 84.8 cm³/mol. The number of hydrogen-bond acceptors (Lipinski definition) is 4. The van der Waals surface area contributed by atoms with Gasteiger partial charge in [-0.2, -0.15) is 5.10 Å². The first-order valence-electron chi connectivity index (χ1n) is 7.54. The summed E-state index contributed by atoms with van der Waals surface area (Å²) in [6.45, 7) is 0.497. The Bertz CT molecular complexity index is 574. The fourth-order valence-corrected chi connectivity index (χ4v) is 2.71. The average Bonchev–Trinajstić information content (AvgIpc) is 2.52. The number of hydrogen-bond donors (Lipinski definition) is 3. The zero-order valence-electron chi connectivity index (χ0n) is 12.8. The van der Waals surface area contributed by atoms with Crippen molar-refractivity contribution in [1.29, 1.82) is 0 Å². The Kier molecular flexibility index (Phi) is 6.10. The third-order valence-electron chi connectivity index (χ3n) is 3.80. The van der Waals surface area contributed by atoms with Gasteiger partial charge in [-0.1, -0.05) is 30.3 Å². The van der Waals surface area contributed by atoms with Crippen LogP contribution in [0.25, 0.3) is 0 Å². The Balaban J connectivity index is 1.94. The number of urea groups is 1. The van der Waals surface area contributed by atoms with Gasteiger partial charge < -0.3 is 15.6 Å². The van der Waals surface area contributed by atoms with Gasteiger partial charge in [-0.05, 0) is 24.8 Å². The lowest BCUT2D eigenvalue weighted by Gasteiger charge is -2.29. The molecule has 2 rings (SSSR count).